The Kier molecular flexibility index (Phi) is 19.5. The van der Waals surface area contributed by atoms with Gasteiger partial charge in [0, 0.05) is 13.0 Å². The number of carboxylic acids is 1. The molecule has 0 aliphatic carbocycles. The number of rotatable bonds is 18. The number of aliphatic hydroxyl groups excluding tert-OH is 1. The van der Waals surface area contributed by atoms with Crippen molar-refractivity contribution < 1.29 is 15.0 Å². The molecule has 1 unspecified atom stereocenters. The van der Waals surface area contributed by atoms with E-state index < -0.39 is 5.97 Å². The van der Waals surface area contributed by atoms with Crippen LogP contribution in [0.3, 0.4) is 0 Å². The van der Waals surface area contributed by atoms with Crippen molar-refractivity contribution in [2.45, 2.75) is 84.0 Å². The van der Waals surface area contributed by atoms with Gasteiger partial charge in [0.25, 0.3) is 0 Å². The third kappa shape index (κ3) is 20.6. The molecule has 27 heavy (non-hydrogen) atoms. The first-order valence-corrected chi connectivity index (χ1v) is 10.7. The molecule has 2 N–H and O–H groups in total. The summed E-state index contributed by atoms with van der Waals surface area (Å²) in [5.74, 6) is -0.214. The van der Waals surface area contributed by atoms with Crippen molar-refractivity contribution in [1.82, 2.24) is 0 Å². The molecular weight excluding hydrogens is 336 g/mol. The minimum atomic E-state index is -0.700. The average molecular weight is 377 g/mol. The Balaban J connectivity index is 3.79. The number of aliphatic hydroxyl groups is 1. The van der Waals surface area contributed by atoms with Crippen LogP contribution in [-0.4, -0.2) is 22.8 Å². The third-order valence-corrected chi connectivity index (χ3v) is 4.48. The highest BCUT2D eigenvalue weighted by Crippen LogP contribution is 2.15. The van der Waals surface area contributed by atoms with E-state index in [9.17, 15) is 9.90 Å². The highest BCUT2D eigenvalue weighted by atomic mass is 16.4. The van der Waals surface area contributed by atoms with Crippen molar-refractivity contribution in [3.8, 4) is 0 Å². The lowest BCUT2D eigenvalue weighted by Gasteiger charge is -2.10. The fraction of sp³-hybridized carbons (Fsp3) is 0.625. The lowest BCUT2D eigenvalue weighted by molar-refractivity contribution is -0.137. The van der Waals surface area contributed by atoms with E-state index in [1.165, 1.54) is 32.1 Å². The van der Waals surface area contributed by atoms with E-state index in [1.54, 1.807) is 0 Å². The number of carbonyl (C=O) groups is 1. The molecule has 3 nitrogen and oxygen atoms in total. The van der Waals surface area contributed by atoms with E-state index in [2.05, 4.69) is 49.5 Å². The van der Waals surface area contributed by atoms with Crippen molar-refractivity contribution in [1.29, 1.82) is 0 Å². The van der Waals surface area contributed by atoms with Crippen molar-refractivity contribution in [3.05, 3.63) is 48.6 Å². The van der Waals surface area contributed by atoms with Gasteiger partial charge in [0.2, 0.25) is 0 Å². The first kappa shape index (κ1) is 25.4. The number of hydrogen-bond acceptors (Lipinski definition) is 2. The summed E-state index contributed by atoms with van der Waals surface area (Å²) >= 11 is 0. The summed E-state index contributed by atoms with van der Waals surface area (Å²) < 4.78 is 0. The molecule has 0 saturated heterocycles. The average Bonchev–Trinajstić information content (AvgIpc) is 2.65. The Labute approximate surface area is 166 Å². The smallest absolute Gasteiger partial charge is 0.303 e. The van der Waals surface area contributed by atoms with Gasteiger partial charge >= 0.3 is 5.97 Å². The first-order valence-electron chi connectivity index (χ1n) is 10.7. The zero-order valence-electron chi connectivity index (χ0n) is 17.2. The number of allylic oxidation sites excluding steroid dienone is 8. The standard InChI is InChI=1S/C24H40O3/c1-2-3-4-15-18-23(21-22-25)19-16-13-11-9-7-5-6-8-10-12-14-17-20-24(26)27/h6-9,11,13,16,19,23,25H,2-5,10,12,14-15,17-18,20-22H2,1H3,(H,26,27). The molecule has 0 aromatic rings. The summed E-state index contributed by atoms with van der Waals surface area (Å²) in [5, 5.41) is 17.7. The van der Waals surface area contributed by atoms with Crippen LogP contribution >= 0.6 is 0 Å². The first-order chi connectivity index (χ1) is 13.2. The van der Waals surface area contributed by atoms with E-state index >= 15 is 0 Å². The van der Waals surface area contributed by atoms with Crippen molar-refractivity contribution >= 4 is 5.97 Å². The minimum absolute atomic E-state index is 0.262. The Morgan fingerprint density at radius 1 is 0.852 bits per heavy atom. The van der Waals surface area contributed by atoms with Gasteiger partial charge in [0.1, 0.15) is 0 Å². The van der Waals surface area contributed by atoms with Gasteiger partial charge in [-0.05, 0) is 44.4 Å². The van der Waals surface area contributed by atoms with E-state index in [4.69, 9.17) is 5.11 Å². The lowest BCUT2D eigenvalue weighted by atomic mass is 9.97. The van der Waals surface area contributed by atoms with Crippen LogP contribution in [0.4, 0.5) is 0 Å². The minimum Gasteiger partial charge on any atom is -0.481 e. The normalized spacial score (nSPS) is 13.6. The molecule has 1 atom stereocenters. The Morgan fingerprint density at radius 3 is 2.37 bits per heavy atom. The third-order valence-electron chi connectivity index (χ3n) is 4.48. The topological polar surface area (TPSA) is 57.5 Å². The predicted molar refractivity (Wildman–Crippen MR) is 116 cm³/mol. The monoisotopic (exact) mass is 376 g/mol. The number of unbranched alkanes of at least 4 members (excludes halogenated alkanes) is 6. The molecule has 0 heterocycles. The molecule has 0 aliphatic rings. The molecule has 154 valence electrons. The van der Waals surface area contributed by atoms with Crippen LogP contribution in [-0.2, 0) is 4.79 Å². The molecule has 0 amide bonds. The van der Waals surface area contributed by atoms with Gasteiger partial charge < -0.3 is 10.2 Å². The SMILES string of the molecule is CCCCCCC(C=CC=CC=CCC=CCCCCCC(=O)O)CCO. The van der Waals surface area contributed by atoms with Crippen molar-refractivity contribution in [2.75, 3.05) is 6.61 Å². The second-order valence-corrected chi connectivity index (χ2v) is 7.02. The molecule has 0 aliphatic heterocycles. The largest absolute Gasteiger partial charge is 0.481 e. The van der Waals surface area contributed by atoms with Crippen molar-refractivity contribution in [3.63, 3.8) is 0 Å². The maximum Gasteiger partial charge on any atom is 0.303 e. The second-order valence-electron chi connectivity index (χ2n) is 7.02. The van der Waals surface area contributed by atoms with Crippen LogP contribution < -0.4 is 0 Å². The van der Waals surface area contributed by atoms with Crippen LogP contribution in [0.5, 0.6) is 0 Å². The second kappa shape index (κ2) is 20.7. The molecular formula is C24H40O3. The quantitative estimate of drug-likeness (QED) is 0.161. The highest BCUT2D eigenvalue weighted by molar-refractivity contribution is 5.66. The molecule has 0 rings (SSSR count). The molecule has 3 heteroatoms. The van der Waals surface area contributed by atoms with E-state index in [1.807, 2.05) is 6.08 Å². The lowest BCUT2D eigenvalue weighted by Crippen LogP contribution is -1.99. The molecule has 0 aromatic carbocycles. The van der Waals surface area contributed by atoms with Gasteiger partial charge in [0.05, 0.1) is 0 Å². The van der Waals surface area contributed by atoms with Crippen LogP contribution in [0.2, 0.25) is 0 Å². The van der Waals surface area contributed by atoms with Crippen LogP contribution in [0.25, 0.3) is 0 Å². The van der Waals surface area contributed by atoms with Gasteiger partial charge in [-0.3, -0.25) is 4.79 Å². The summed E-state index contributed by atoms with van der Waals surface area (Å²) in [6.07, 6.45) is 29.1. The Bertz CT molecular complexity index is 447. The molecule has 0 spiro atoms. The fourth-order valence-corrected chi connectivity index (χ4v) is 2.85. The van der Waals surface area contributed by atoms with E-state index in [0.717, 1.165) is 38.5 Å². The van der Waals surface area contributed by atoms with E-state index in [-0.39, 0.29) is 13.0 Å². The van der Waals surface area contributed by atoms with Gasteiger partial charge in [-0.2, -0.15) is 0 Å². The Hall–Kier alpha value is -1.61. The number of hydrogen-bond donors (Lipinski definition) is 2. The summed E-state index contributed by atoms with van der Waals surface area (Å²) in [4.78, 5) is 10.4. The predicted octanol–water partition coefficient (Wildman–Crippen LogP) is 6.61. The summed E-state index contributed by atoms with van der Waals surface area (Å²) in [6, 6.07) is 0. The van der Waals surface area contributed by atoms with Crippen molar-refractivity contribution in [2.24, 2.45) is 5.92 Å². The maximum absolute atomic E-state index is 10.4. The summed E-state index contributed by atoms with van der Waals surface area (Å²) in [5.41, 5.74) is 0. The molecule has 0 bridgehead atoms. The van der Waals surface area contributed by atoms with Crippen LogP contribution in [0, 0.1) is 5.92 Å². The summed E-state index contributed by atoms with van der Waals surface area (Å²) in [7, 11) is 0. The maximum atomic E-state index is 10.4. The fourth-order valence-electron chi connectivity index (χ4n) is 2.85. The number of carboxylic acid groups (broad SMARTS) is 1. The highest BCUT2D eigenvalue weighted by Gasteiger charge is 2.03. The molecule has 0 radical (unpaired) electrons. The van der Waals surface area contributed by atoms with E-state index in [0.29, 0.717) is 5.92 Å². The zero-order chi connectivity index (χ0) is 20.0. The molecule has 0 aromatic heterocycles. The van der Waals surface area contributed by atoms with Gasteiger partial charge in [-0.1, -0.05) is 87.6 Å². The van der Waals surface area contributed by atoms with Gasteiger partial charge in [-0.25, -0.2) is 0 Å². The van der Waals surface area contributed by atoms with Gasteiger partial charge in [0.15, 0.2) is 0 Å². The summed E-state index contributed by atoms with van der Waals surface area (Å²) in [6.45, 7) is 2.49. The molecule has 0 saturated carbocycles. The van der Waals surface area contributed by atoms with Crippen LogP contribution in [0.1, 0.15) is 84.0 Å². The number of aliphatic carboxylic acids is 1. The van der Waals surface area contributed by atoms with Gasteiger partial charge in [-0.15, -0.1) is 0 Å². The van der Waals surface area contributed by atoms with Crippen LogP contribution in [0.15, 0.2) is 48.6 Å². The molecule has 0 fully saturated rings. The zero-order valence-corrected chi connectivity index (χ0v) is 17.2. The Morgan fingerprint density at radius 2 is 1.63 bits per heavy atom.